The number of benzene rings is 1. The van der Waals surface area contributed by atoms with Gasteiger partial charge in [0.25, 0.3) is 0 Å². The van der Waals surface area contributed by atoms with Gasteiger partial charge in [-0.3, -0.25) is 4.79 Å². The molecule has 0 aliphatic rings. The Balaban J connectivity index is 2.62. The minimum atomic E-state index is -0.786. The van der Waals surface area contributed by atoms with Gasteiger partial charge < -0.3 is 10.1 Å². The first-order valence-electron chi connectivity index (χ1n) is 6.37. The fourth-order valence-electron chi connectivity index (χ4n) is 1.79. The van der Waals surface area contributed by atoms with Crippen LogP contribution in [0.3, 0.4) is 0 Å². The van der Waals surface area contributed by atoms with Gasteiger partial charge in [-0.15, -0.1) is 0 Å². The summed E-state index contributed by atoms with van der Waals surface area (Å²) in [5, 5.41) is 11.4. The summed E-state index contributed by atoms with van der Waals surface area (Å²) in [5.41, 5.74) is 0.863. The van der Waals surface area contributed by atoms with Crippen molar-refractivity contribution in [1.82, 2.24) is 5.32 Å². The Morgan fingerprint density at radius 3 is 2.55 bits per heavy atom. The van der Waals surface area contributed by atoms with Crippen molar-refractivity contribution in [1.29, 1.82) is 5.26 Å². The Labute approximate surface area is 118 Å². The molecule has 1 amide bonds. The van der Waals surface area contributed by atoms with Gasteiger partial charge >= 0.3 is 5.97 Å². The zero-order valence-electron chi connectivity index (χ0n) is 11.6. The van der Waals surface area contributed by atoms with Crippen LogP contribution < -0.4 is 5.32 Å². The topological polar surface area (TPSA) is 79.2 Å². The standard InChI is InChI=1S/C15H18N2O3/c1-11(10-16)8-13(15(19)20-2)17-14(18)9-12-6-4-3-5-7-12/h3-7,11,13H,8-9H2,1-2H3,(H,17,18)/t11-,13+/m1/s1. The van der Waals surface area contributed by atoms with E-state index in [2.05, 4.69) is 10.1 Å². The summed E-state index contributed by atoms with van der Waals surface area (Å²) in [6, 6.07) is 10.5. The van der Waals surface area contributed by atoms with Gasteiger partial charge in [-0.25, -0.2) is 4.79 Å². The smallest absolute Gasteiger partial charge is 0.328 e. The van der Waals surface area contributed by atoms with Gasteiger partial charge in [-0.1, -0.05) is 30.3 Å². The van der Waals surface area contributed by atoms with Gasteiger partial charge in [0.2, 0.25) is 5.91 Å². The maximum Gasteiger partial charge on any atom is 0.328 e. The number of hydrogen-bond acceptors (Lipinski definition) is 4. The molecule has 0 saturated heterocycles. The Bertz CT molecular complexity index is 494. The summed E-state index contributed by atoms with van der Waals surface area (Å²) in [5.74, 6) is -1.14. The van der Waals surface area contributed by atoms with E-state index < -0.39 is 12.0 Å². The molecule has 0 saturated carbocycles. The second-order valence-corrected chi connectivity index (χ2v) is 4.57. The number of hydrogen-bond donors (Lipinski definition) is 1. The molecule has 1 aromatic carbocycles. The molecule has 2 atom stereocenters. The zero-order chi connectivity index (χ0) is 15.0. The third kappa shape index (κ3) is 5.11. The van der Waals surface area contributed by atoms with Crippen molar-refractivity contribution in [3.05, 3.63) is 35.9 Å². The lowest BCUT2D eigenvalue weighted by atomic mass is 10.0. The lowest BCUT2D eigenvalue weighted by molar-refractivity contribution is -0.145. The number of rotatable bonds is 6. The van der Waals surface area contributed by atoms with Crippen molar-refractivity contribution < 1.29 is 14.3 Å². The van der Waals surface area contributed by atoms with Crippen molar-refractivity contribution in [2.75, 3.05) is 7.11 Å². The minimum Gasteiger partial charge on any atom is -0.467 e. The van der Waals surface area contributed by atoms with Crippen molar-refractivity contribution in [2.45, 2.75) is 25.8 Å². The SMILES string of the molecule is COC(=O)[C@H](C[C@@H](C)C#N)NC(=O)Cc1ccccc1. The largest absolute Gasteiger partial charge is 0.467 e. The number of ether oxygens (including phenoxy) is 1. The summed E-state index contributed by atoms with van der Waals surface area (Å²) in [7, 11) is 1.26. The van der Waals surface area contributed by atoms with E-state index in [1.807, 2.05) is 36.4 Å². The van der Waals surface area contributed by atoms with Crippen LogP contribution in [0.2, 0.25) is 0 Å². The highest BCUT2D eigenvalue weighted by atomic mass is 16.5. The molecule has 1 aromatic rings. The van der Waals surface area contributed by atoms with Gasteiger partial charge in [0.05, 0.1) is 19.6 Å². The molecule has 0 unspecified atom stereocenters. The van der Waals surface area contributed by atoms with Gasteiger partial charge in [-0.05, 0) is 18.9 Å². The molecule has 20 heavy (non-hydrogen) atoms. The summed E-state index contributed by atoms with van der Waals surface area (Å²) in [6.07, 6.45) is 0.430. The number of carbonyl (C=O) groups is 2. The number of nitrogens with zero attached hydrogens (tertiary/aromatic N) is 1. The van der Waals surface area contributed by atoms with Crippen LogP contribution in [-0.2, 0) is 20.7 Å². The Morgan fingerprint density at radius 2 is 2.00 bits per heavy atom. The molecule has 0 spiro atoms. The van der Waals surface area contributed by atoms with Gasteiger partial charge in [0.1, 0.15) is 6.04 Å². The fourth-order valence-corrected chi connectivity index (χ4v) is 1.79. The van der Waals surface area contributed by atoms with Crippen molar-refractivity contribution >= 4 is 11.9 Å². The van der Waals surface area contributed by atoms with Crippen LogP contribution in [0.4, 0.5) is 0 Å². The first-order valence-corrected chi connectivity index (χ1v) is 6.37. The van der Waals surface area contributed by atoms with Gasteiger partial charge in [0, 0.05) is 5.92 Å². The molecule has 5 nitrogen and oxygen atoms in total. The van der Waals surface area contributed by atoms with Crippen LogP contribution in [0.5, 0.6) is 0 Å². The molecule has 0 aliphatic carbocycles. The van der Waals surface area contributed by atoms with Crippen molar-refractivity contribution in [2.24, 2.45) is 5.92 Å². The molecule has 0 aliphatic heterocycles. The molecule has 0 fully saturated rings. The van der Waals surface area contributed by atoms with Crippen LogP contribution in [-0.4, -0.2) is 25.0 Å². The van der Waals surface area contributed by atoms with Crippen LogP contribution in [0.1, 0.15) is 18.9 Å². The number of methoxy groups -OCH3 is 1. The van der Waals surface area contributed by atoms with E-state index in [1.165, 1.54) is 7.11 Å². The van der Waals surface area contributed by atoms with E-state index in [4.69, 9.17) is 5.26 Å². The molecule has 0 radical (unpaired) electrons. The average molecular weight is 274 g/mol. The highest BCUT2D eigenvalue weighted by Gasteiger charge is 2.23. The van der Waals surface area contributed by atoms with Crippen molar-refractivity contribution in [3.63, 3.8) is 0 Å². The highest BCUT2D eigenvalue weighted by Crippen LogP contribution is 2.07. The highest BCUT2D eigenvalue weighted by molar-refractivity contribution is 5.85. The van der Waals surface area contributed by atoms with Crippen LogP contribution in [0.15, 0.2) is 30.3 Å². The Kier molecular flexibility index (Phi) is 6.24. The normalized spacial score (nSPS) is 12.8. The molecule has 1 N–H and O–H groups in total. The number of amides is 1. The first kappa shape index (κ1) is 15.7. The number of esters is 1. The zero-order valence-corrected chi connectivity index (χ0v) is 11.6. The average Bonchev–Trinajstić information content (AvgIpc) is 2.46. The molecular formula is C15H18N2O3. The third-order valence-corrected chi connectivity index (χ3v) is 2.84. The lowest BCUT2D eigenvalue weighted by Crippen LogP contribution is -2.43. The third-order valence-electron chi connectivity index (χ3n) is 2.84. The fraction of sp³-hybridized carbons (Fsp3) is 0.400. The molecule has 0 heterocycles. The van der Waals surface area contributed by atoms with E-state index in [1.54, 1.807) is 6.92 Å². The summed E-state index contributed by atoms with van der Waals surface area (Å²) in [4.78, 5) is 23.5. The lowest BCUT2D eigenvalue weighted by Gasteiger charge is -2.17. The van der Waals surface area contributed by atoms with Gasteiger partial charge in [-0.2, -0.15) is 5.26 Å². The van der Waals surface area contributed by atoms with E-state index in [0.29, 0.717) is 0 Å². The second kappa shape index (κ2) is 7.95. The minimum absolute atomic E-state index is 0.190. The number of nitrogens with one attached hydrogen (secondary N) is 1. The van der Waals surface area contributed by atoms with Crippen LogP contribution >= 0.6 is 0 Å². The predicted molar refractivity (Wildman–Crippen MR) is 73.5 cm³/mol. The maximum atomic E-state index is 11.9. The molecule has 0 aromatic heterocycles. The maximum absolute atomic E-state index is 11.9. The van der Waals surface area contributed by atoms with E-state index in [9.17, 15) is 9.59 Å². The van der Waals surface area contributed by atoms with Crippen molar-refractivity contribution in [3.8, 4) is 6.07 Å². The summed E-state index contributed by atoms with van der Waals surface area (Å²) < 4.78 is 4.65. The summed E-state index contributed by atoms with van der Waals surface area (Å²) in [6.45, 7) is 1.69. The second-order valence-electron chi connectivity index (χ2n) is 4.57. The quantitative estimate of drug-likeness (QED) is 0.796. The van der Waals surface area contributed by atoms with E-state index >= 15 is 0 Å². The molecule has 106 valence electrons. The van der Waals surface area contributed by atoms with Gasteiger partial charge in [0.15, 0.2) is 0 Å². The Hall–Kier alpha value is -2.35. The van der Waals surface area contributed by atoms with E-state index in [-0.39, 0.29) is 24.7 Å². The van der Waals surface area contributed by atoms with E-state index in [0.717, 1.165) is 5.56 Å². The molecular weight excluding hydrogens is 256 g/mol. The molecule has 5 heteroatoms. The summed E-state index contributed by atoms with van der Waals surface area (Å²) >= 11 is 0. The molecule has 0 bridgehead atoms. The first-order chi connectivity index (χ1) is 9.56. The molecule has 1 rings (SSSR count). The van der Waals surface area contributed by atoms with Crippen LogP contribution in [0.25, 0.3) is 0 Å². The number of nitriles is 1. The van der Waals surface area contributed by atoms with Crippen LogP contribution in [0, 0.1) is 17.2 Å². The predicted octanol–water partition coefficient (Wildman–Crippen LogP) is 1.44. The number of carbonyl (C=O) groups excluding carboxylic acids is 2. The monoisotopic (exact) mass is 274 g/mol. The Morgan fingerprint density at radius 1 is 1.35 bits per heavy atom.